The number of piperidine rings is 1. The SMILES string of the molecule is CC(C)N1CCN(c2cccc(C#N)c2NC(=O)N2CCC(C)(c3noc([C@@H]4C[C@@H]4F)n3)CC2)CC1. The lowest BCUT2D eigenvalue weighted by Gasteiger charge is -2.39. The highest BCUT2D eigenvalue weighted by Gasteiger charge is 2.45. The number of urea groups is 1. The van der Waals surface area contributed by atoms with Gasteiger partial charge in [0.15, 0.2) is 5.82 Å². The summed E-state index contributed by atoms with van der Waals surface area (Å²) in [5.41, 5.74) is 1.59. The normalized spacial score (nSPS) is 24.0. The molecule has 1 aromatic carbocycles. The Balaban J connectivity index is 1.25. The molecule has 2 saturated heterocycles. The Morgan fingerprint density at radius 3 is 2.53 bits per heavy atom. The van der Waals surface area contributed by atoms with Crippen molar-refractivity contribution in [3.63, 3.8) is 0 Å². The Bertz CT molecular complexity index is 1140. The molecule has 2 atom stereocenters. The van der Waals surface area contributed by atoms with E-state index in [1.165, 1.54) is 0 Å². The fourth-order valence-corrected chi connectivity index (χ4v) is 5.17. The van der Waals surface area contributed by atoms with Gasteiger partial charge in [-0.05, 0) is 45.2 Å². The molecule has 3 aliphatic rings. The Kier molecular flexibility index (Phi) is 6.60. The van der Waals surface area contributed by atoms with Crippen LogP contribution in [0.25, 0.3) is 0 Å². The molecule has 9 nitrogen and oxygen atoms in total. The molecule has 1 saturated carbocycles. The molecule has 0 radical (unpaired) electrons. The molecule has 0 spiro atoms. The summed E-state index contributed by atoms with van der Waals surface area (Å²) < 4.78 is 18.7. The van der Waals surface area contributed by atoms with Crippen molar-refractivity contribution in [2.75, 3.05) is 49.5 Å². The van der Waals surface area contributed by atoms with Gasteiger partial charge in [0.05, 0.1) is 22.9 Å². The maximum atomic E-state index is 13.4. The maximum Gasteiger partial charge on any atom is 0.321 e. The van der Waals surface area contributed by atoms with Crippen LogP contribution < -0.4 is 10.2 Å². The summed E-state index contributed by atoms with van der Waals surface area (Å²) in [6, 6.07) is 8.11. The first-order valence-electron chi connectivity index (χ1n) is 12.9. The molecule has 192 valence electrons. The molecule has 3 fully saturated rings. The number of carbonyl (C=O) groups is 1. The molecule has 5 rings (SSSR count). The molecule has 3 heterocycles. The molecule has 0 bridgehead atoms. The third-order valence-electron chi connectivity index (χ3n) is 7.95. The first kappa shape index (κ1) is 24.5. The van der Waals surface area contributed by atoms with Gasteiger partial charge >= 0.3 is 6.03 Å². The maximum absolute atomic E-state index is 13.4. The quantitative estimate of drug-likeness (QED) is 0.672. The van der Waals surface area contributed by atoms with E-state index in [9.17, 15) is 14.4 Å². The second-order valence-corrected chi connectivity index (χ2v) is 10.7. The second-order valence-electron chi connectivity index (χ2n) is 10.7. The van der Waals surface area contributed by atoms with E-state index in [4.69, 9.17) is 4.52 Å². The summed E-state index contributed by atoms with van der Waals surface area (Å²) in [6.07, 6.45) is 0.920. The zero-order valence-corrected chi connectivity index (χ0v) is 21.2. The molecule has 2 aliphatic heterocycles. The molecule has 1 N–H and O–H groups in total. The van der Waals surface area contributed by atoms with Crippen LogP contribution in [0.3, 0.4) is 0 Å². The van der Waals surface area contributed by atoms with Crippen molar-refractivity contribution >= 4 is 17.4 Å². The van der Waals surface area contributed by atoms with Crippen molar-refractivity contribution in [2.24, 2.45) is 0 Å². The number of hydrogen-bond acceptors (Lipinski definition) is 7. The number of nitrogens with zero attached hydrogens (tertiary/aromatic N) is 6. The number of amides is 2. The molecule has 1 aromatic heterocycles. The fraction of sp³-hybridized carbons (Fsp3) is 0.615. The summed E-state index contributed by atoms with van der Waals surface area (Å²) in [5.74, 6) is 0.714. The van der Waals surface area contributed by atoms with Crippen LogP contribution in [-0.2, 0) is 5.41 Å². The first-order chi connectivity index (χ1) is 17.3. The number of halogens is 1. The molecule has 1 aliphatic carbocycles. The van der Waals surface area contributed by atoms with E-state index >= 15 is 0 Å². The predicted octanol–water partition coefficient (Wildman–Crippen LogP) is 3.88. The smallest absolute Gasteiger partial charge is 0.321 e. The Hall–Kier alpha value is -3.19. The van der Waals surface area contributed by atoms with Gasteiger partial charge in [0.2, 0.25) is 5.89 Å². The van der Waals surface area contributed by atoms with E-state index in [-0.39, 0.29) is 17.4 Å². The van der Waals surface area contributed by atoms with Crippen LogP contribution >= 0.6 is 0 Å². The summed E-state index contributed by atoms with van der Waals surface area (Å²) >= 11 is 0. The van der Waals surface area contributed by atoms with Gasteiger partial charge in [-0.2, -0.15) is 10.2 Å². The van der Waals surface area contributed by atoms with Gasteiger partial charge in [-0.25, -0.2) is 9.18 Å². The third kappa shape index (κ3) is 4.76. The van der Waals surface area contributed by atoms with Crippen LogP contribution in [0.1, 0.15) is 63.2 Å². The minimum Gasteiger partial charge on any atom is -0.367 e. The molecule has 36 heavy (non-hydrogen) atoms. The third-order valence-corrected chi connectivity index (χ3v) is 7.95. The number of piperazine rings is 1. The zero-order valence-electron chi connectivity index (χ0n) is 21.2. The minimum atomic E-state index is -0.878. The van der Waals surface area contributed by atoms with Crippen LogP contribution in [0.2, 0.25) is 0 Å². The van der Waals surface area contributed by atoms with Crippen LogP contribution in [0.5, 0.6) is 0 Å². The Morgan fingerprint density at radius 1 is 1.22 bits per heavy atom. The van der Waals surface area contributed by atoms with Crippen molar-refractivity contribution in [3.8, 4) is 6.07 Å². The van der Waals surface area contributed by atoms with Gasteiger partial charge in [0, 0.05) is 50.7 Å². The van der Waals surface area contributed by atoms with Gasteiger partial charge in [0.25, 0.3) is 0 Å². The second kappa shape index (κ2) is 9.69. The standard InChI is InChI=1S/C26H34FN7O2/c1-17(2)32-11-13-33(14-12-32)21-6-4-5-18(16-28)22(21)29-25(35)34-9-7-26(3,8-10-34)24-30-23(36-31-24)19-15-20(19)27/h4-6,17,19-20H,7-15H2,1-3H3,(H,29,35)/t19-,20+/m1/s1. The molecule has 2 aromatic rings. The molecular weight excluding hydrogens is 461 g/mol. The average Bonchev–Trinajstić information content (AvgIpc) is 3.39. The Labute approximate surface area is 211 Å². The number of carbonyl (C=O) groups excluding carboxylic acids is 1. The first-order valence-corrected chi connectivity index (χ1v) is 12.9. The summed E-state index contributed by atoms with van der Waals surface area (Å²) in [4.78, 5) is 24.2. The highest BCUT2D eigenvalue weighted by Crippen LogP contribution is 2.44. The summed E-state index contributed by atoms with van der Waals surface area (Å²) in [5, 5.41) is 16.9. The number of para-hydroxylation sites is 1. The number of likely N-dealkylation sites (tertiary alicyclic amines) is 1. The fourth-order valence-electron chi connectivity index (χ4n) is 5.17. The van der Waals surface area contributed by atoms with E-state index in [1.54, 1.807) is 11.0 Å². The molecule has 2 amide bonds. The van der Waals surface area contributed by atoms with Crippen LogP contribution in [0.15, 0.2) is 22.7 Å². The molecular formula is C26H34FN7O2. The number of rotatable bonds is 5. The lowest BCUT2D eigenvalue weighted by molar-refractivity contribution is 0.169. The number of nitriles is 1. The van der Waals surface area contributed by atoms with Gasteiger partial charge in [-0.15, -0.1) is 0 Å². The number of benzene rings is 1. The Morgan fingerprint density at radius 2 is 1.92 bits per heavy atom. The number of anilines is 2. The van der Waals surface area contributed by atoms with Gasteiger partial charge in [-0.3, -0.25) is 4.90 Å². The number of nitrogens with one attached hydrogen (secondary N) is 1. The lowest BCUT2D eigenvalue weighted by atomic mass is 9.80. The van der Waals surface area contributed by atoms with Crippen LogP contribution in [0.4, 0.5) is 20.6 Å². The zero-order chi connectivity index (χ0) is 25.4. The molecule has 10 heteroatoms. The minimum absolute atomic E-state index is 0.214. The highest BCUT2D eigenvalue weighted by atomic mass is 19.1. The van der Waals surface area contributed by atoms with Gasteiger partial charge in [-0.1, -0.05) is 18.1 Å². The lowest BCUT2D eigenvalue weighted by Crippen LogP contribution is -2.49. The van der Waals surface area contributed by atoms with E-state index < -0.39 is 6.17 Å². The van der Waals surface area contributed by atoms with Crippen molar-refractivity contribution in [2.45, 2.75) is 63.6 Å². The van der Waals surface area contributed by atoms with Gasteiger partial charge in [0.1, 0.15) is 12.2 Å². The monoisotopic (exact) mass is 495 g/mol. The largest absolute Gasteiger partial charge is 0.367 e. The highest BCUT2D eigenvalue weighted by molar-refractivity contribution is 5.95. The predicted molar refractivity (Wildman–Crippen MR) is 134 cm³/mol. The molecule has 0 unspecified atom stereocenters. The topological polar surface area (TPSA) is 102 Å². The van der Waals surface area contributed by atoms with Crippen LogP contribution in [0, 0.1) is 11.3 Å². The van der Waals surface area contributed by atoms with Crippen LogP contribution in [-0.4, -0.2) is 77.5 Å². The van der Waals surface area contributed by atoms with Gasteiger partial charge < -0.3 is 19.6 Å². The van der Waals surface area contributed by atoms with E-state index in [1.807, 2.05) is 12.1 Å². The van der Waals surface area contributed by atoms with E-state index in [0.29, 0.717) is 61.4 Å². The van der Waals surface area contributed by atoms with Crippen molar-refractivity contribution in [1.29, 1.82) is 5.26 Å². The summed E-state index contributed by atoms with van der Waals surface area (Å²) in [6.45, 7) is 11.1. The van der Waals surface area contributed by atoms with Crippen molar-refractivity contribution < 1.29 is 13.7 Å². The van der Waals surface area contributed by atoms with E-state index in [0.717, 1.165) is 31.9 Å². The summed E-state index contributed by atoms with van der Waals surface area (Å²) in [7, 11) is 0. The average molecular weight is 496 g/mol. The number of alkyl halides is 1. The number of hydrogen-bond donors (Lipinski definition) is 1. The van der Waals surface area contributed by atoms with E-state index in [2.05, 4.69) is 52.1 Å². The van der Waals surface area contributed by atoms with Crippen molar-refractivity contribution in [1.82, 2.24) is 19.9 Å². The number of aromatic nitrogens is 2. The van der Waals surface area contributed by atoms with Crippen molar-refractivity contribution in [3.05, 3.63) is 35.5 Å².